The van der Waals surface area contributed by atoms with Crippen molar-refractivity contribution >= 4 is 17.8 Å². The molecule has 25 heavy (non-hydrogen) atoms. The molecule has 7 heteroatoms. The second-order valence-corrected chi connectivity index (χ2v) is 4.97. The molecule has 2 rings (SSSR count). The Hall–Kier alpha value is -3.22. The van der Waals surface area contributed by atoms with Crippen molar-refractivity contribution in [1.82, 2.24) is 0 Å². The molecular formula is C18H19NO6. The molecule has 0 aliphatic carbocycles. The van der Waals surface area contributed by atoms with Gasteiger partial charge in [0.1, 0.15) is 0 Å². The normalized spacial score (nSPS) is 10.6. The van der Waals surface area contributed by atoms with Crippen LogP contribution < -0.4 is 18.9 Å². The lowest BCUT2D eigenvalue weighted by molar-refractivity contribution is -0.385. The highest BCUT2D eigenvalue weighted by Gasteiger charge is 2.17. The van der Waals surface area contributed by atoms with Crippen molar-refractivity contribution in [3.8, 4) is 23.0 Å². The fraction of sp³-hybridized carbons (Fsp3) is 0.222. The molecule has 0 aliphatic rings. The molecule has 0 spiro atoms. The Bertz CT molecular complexity index is 800. The summed E-state index contributed by atoms with van der Waals surface area (Å²) in [5.74, 6) is 1.90. The summed E-state index contributed by atoms with van der Waals surface area (Å²) < 4.78 is 20.8. The van der Waals surface area contributed by atoms with Crippen LogP contribution in [0.2, 0.25) is 0 Å². The van der Waals surface area contributed by atoms with Gasteiger partial charge in [0.2, 0.25) is 0 Å². The number of rotatable bonds is 7. The Morgan fingerprint density at radius 1 is 0.800 bits per heavy atom. The molecule has 0 saturated carbocycles. The zero-order chi connectivity index (χ0) is 18.4. The van der Waals surface area contributed by atoms with Crippen molar-refractivity contribution in [2.45, 2.75) is 0 Å². The Morgan fingerprint density at radius 2 is 1.36 bits per heavy atom. The van der Waals surface area contributed by atoms with Crippen LogP contribution in [-0.4, -0.2) is 33.4 Å². The Balaban J connectivity index is 2.45. The first-order valence-electron chi connectivity index (χ1n) is 7.34. The highest BCUT2D eigenvalue weighted by Crippen LogP contribution is 2.35. The largest absolute Gasteiger partial charge is 0.493 e. The Kier molecular flexibility index (Phi) is 5.84. The quantitative estimate of drug-likeness (QED) is 0.431. The zero-order valence-electron chi connectivity index (χ0n) is 14.4. The minimum atomic E-state index is -0.462. The molecular weight excluding hydrogens is 326 g/mol. The van der Waals surface area contributed by atoms with Gasteiger partial charge in [-0.3, -0.25) is 10.1 Å². The first-order valence-corrected chi connectivity index (χ1v) is 7.34. The number of hydrogen-bond acceptors (Lipinski definition) is 6. The summed E-state index contributed by atoms with van der Waals surface area (Å²) in [5.41, 5.74) is 1.13. The van der Waals surface area contributed by atoms with E-state index >= 15 is 0 Å². The number of nitro groups is 1. The molecule has 2 aromatic carbocycles. The predicted octanol–water partition coefficient (Wildman–Crippen LogP) is 3.80. The highest BCUT2D eigenvalue weighted by atomic mass is 16.6. The van der Waals surface area contributed by atoms with Crippen LogP contribution in [0.1, 0.15) is 11.1 Å². The van der Waals surface area contributed by atoms with Gasteiger partial charge in [-0.1, -0.05) is 12.1 Å². The highest BCUT2D eigenvalue weighted by molar-refractivity contribution is 5.77. The van der Waals surface area contributed by atoms with Crippen LogP contribution in [0.5, 0.6) is 23.0 Å². The fourth-order valence-corrected chi connectivity index (χ4v) is 2.32. The van der Waals surface area contributed by atoms with E-state index < -0.39 is 4.92 Å². The average molecular weight is 345 g/mol. The van der Waals surface area contributed by atoms with Gasteiger partial charge >= 0.3 is 0 Å². The van der Waals surface area contributed by atoms with E-state index in [1.165, 1.54) is 20.3 Å². The van der Waals surface area contributed by atoms with E-state index in [4.69, 9.17) is 18.9 Å². The smallest absolute Gasteiger partial charge is 0.280 e. The summed E-state index contributed by atoms with van der Waals surface area (Å²) in [7, 11) is 6.01. The SMILES string of the molecule is COc1ccc(C=Cc2cc(OC)c(OC)cc2[N+](=O)[O-])cc1OC. The lowest BCUT2D eigenvalue weighted by Crippen LogP contribution is -1.96. The lowest BCUT2D eigenvalue weighted by Gasteiger charge is -2.09. The van der Waals surface area contributed by atoms with Gasteiger partial charge in [0, 0.05) is 0 Å². The zero-order valence-corrected chi connectivity index (χ0v) is 14.4. The summed E-state index contributed by atoms with van der Waals surface area (Å²) in [6.07, 6.45) is 3.39. The van der Waals surface area contributed by atoms with Gasteiger partial charge < -0.3 is 18.9 Å². The number of nitrogens with zero attached hydrogens (tertiary/aromatic N) is 1. The molecule has 0 saturated heterocycles. The molecule has 0 heterocycles. The molecule has 0 radical (unpaired) electrons. The molecule has 0 fully saturated rings. The van der Waals surface area contributed by atoms with Crippen molar-refractivity contribution < 1.29 is 23.9 Å². The van der Waals surface area contributed by atoms with Crippen molar-refractivity contribution in [3.63, 3.8) is 0 Å². The monoisotopic (exact) mass is 345 g/mol. The van der Waals surface area contributed by atoms with Crippen LogP contribution in [0.25, 0.3) is 12.2 Å². The first kappa shape index (κ1) is 18.1. The summed E-state index contributed by atoms with van der Waals surface area (Å²) in [6, 6.07) is 8.27. The molecule has 132 valence electrons. The van der Waals surface area contributed by atoms with E-state index in [0.29, 0.717) is 28.6 Å². The van der Waals surface area contributed by atoms with Crippen molar-refractivity contribution in [2.75, 3.05) is 28.4 Å². The molecule has 0 unspecified atom stereocenters. The van der Waals surface area contributed by atoms with Crippen LogP contribution >= 0.6 is 0 Å². The third kappa shape index (κ3) is 4.00. The average Bonchev–Trinajstić information content (AvgIpc) is 2.64. The molecule has 7 nitrogen and oxygen atoms in total. The second kappa shape index (κ2) is 8.05. The second-order valence-electron chi connectivity index (χ2n) is 4.97. The van der Waals surface area contributed by atoms with E-state index in [0.717, 1.165) is 5.56 Å². The number of methoxy groups -OCH3 is 4. The van der Waals surface area contributed by atoms with E-state index in [2.05, 4.69) is 0 Å². The van der Waals surface area contributed by atoms with Crippen LogP contribution in [-0.2, 0) is 0 Å². The third-order valence-corrected chi connectivity index (χ3v) is 3.59. The van der Waals surface area contributed by atoms with Gasteiger partial charge in [0.05, 0.1) is 45.0 Å². The van der Waals surface area contributed by atoms with Crippen molar-refractivity contribution in [3.05, 3.63) is 51.6 Å². The van der Waals surface area contributed by atoms with Crippen molar-refractivity contribution in [2.24, 2.45) is 0 Å². The van der Waals surface area contributed by atoms with Gasteiger partial charge in [-0.05, 0) is 29.8 Å². The van der Waals surface area contributed by atoms with Crippen molar-refractivity contribution in [1.29, 1.82) is 0 Å². The number of nitro benzene ring substituents is 1. The Labute approximate surface area is 145 Å². The van der Waals surface area contributed by atoms with Gasteiger partial charge in [-0.25, -0.2) is 0 Å². The molecule has 2 aromatic rings. The van der Waals surface area contributed by atoms with Crippen LogP contribution in [0.4, 0.5) is 5.69 Å². The maximum atomic E-state index is 11.3. The first-order chi connectivity index (χ1) is 12.0. The van der Waals surface area contributed by atoms with E-state index in [1.807, 2.05) is 6.07 Å². The third-order valence-electron chi connectivity index (χ3n) is 3.59. The van der Waals surface area contributed by atoms with Gasteiger partial charge in [0.25, 0.3) is 5.69 Å². The summed E-state index contributed by atoms with van der Waals surface area (Å²) >= 11 is 0. The van der Waals surface area contributed by atoms with E-state index in [-0.39, 0.29) is 5.69 Å². The van der Waals surface area contributed by atoms with Gasteiger partial charge in [0.15, 0.2) is 23.0 Å². The molecule has 0 aromatic heterocycles. The van der Waals surface area contributed by atoms with Crippen LogP contribution in [0.15, 0.2) is 30.3 Å². The van der Waals surface area contributed by atoms with Crippen LogP contribution in [0.3, 0.4) is 0 Å². The Morgan fingerprint density at radius 3 is 1.92 bits per heavy atom. The summed E-state index contributed by atoms with van der Waals surface area (Å²) in [5, 5.41) is 11.3. The van der Waals surface area contributed by atoms with Gasteiger partial charge in [-0.15, -0.1) is 0 Å². The van der Waals surface area contributed by atoms with E-state index in [1.54, 1.807) is 44.6 Å². The molecule has 0 bridgehead atoms. The maximum Gasteiger partial charge on any atom is 0.280 e. The predicted molar refractivity (Wildman–Crippen MR) is 94.7 cm³/mol. The molecule has 0 aliphatic heterocycles. The van der Waals surface area contributed by atoms with Gasteiger partial charge in [-0.2, -0.15) is 0 Å². The lowest BCUT2D eigenvalue weighted by atomic mass is 10.1. The minimum Gasteiger partial charge on any atom is -0.493 e. The fourth-order valence-electron chi connectivity index (χ4n) is 2.32. The van der Waals surface area contributed by atoms with E-state index in [9.17, 15) is 10.1 Å². The molecule has 0 amide bonds. The molecule has 0 atom stereocenters. The minimum absolute atomic E-state index is 0.0747. The topological polar surface area (TPSA) is 80.1 Å². The van der Waals surface area contributed by atoms with Crippen LogP contribution in [0, 0.1) is 10.1 Å². The number of benzene rings is 2. The summed E-state index contributed by atoms with van der Waals surface area (Å²) in [4.78, 5) is 10.9. The maximum absolute atomic E-state index is 11.3. The number of hydrogen-bond donors (Lipinski definition) is 0. The number of ether oxygens (including phenoxy) is 4. The summed E-state index contributed by atoms with van der Waals surface area (Å²) in [6.45, 7) is 0. The molecule has 0 N–H and O–H groups in total. The standard InChI is InChI=1S/C18H19NO6/c1-22-15-8-6-12(9-16(15)23-2)5-7-13-10-17(24-3)18(25-4)11-14(13)19(20)21/h5-11H,1-4H3.